The molecule has 0 aliphatic carbocycles. The van der Waals surface area contributed by atoms with Crippen LogP contribution in [0.4, 0.5) is 0 Å². The first kappa shape index (κ1) is 16.8. The van der Waals surface area contributed by atoms with Crippen LogP contribution in [0.25, 0.3) is 22.9 Å². The molecule has 27 heavy (non-hydrogen) atoms. The molecule has 1 aliphatic rings. The Morgan fingerprint density at radius 3 is 2.52 bits per heavy atom. The molecule has 0 N–H and O–H groups in total. The van der Waals surface area contributed by atoms with E-state index in [0.29, 0.717) is 0 Å². The van der Waals surface area contributed by atoms with Gasteiger partial charge in [0.1, 0.15) is 5.75 Å². The summed E-state index contributed by atoms with van der Waals surface area (Å²) >= 11 is 0. The number of methoxy groups -OCH3 is 1. The lowest BCUT2D eigenvalue weighted by atomic mass is 10.0. The average Bonchev–Trinajstić information content (AvgIpc) is 3.06. The number of rotatable bonds is 4. The zero-order valence-corrected chi connectivity index (χ0v) is 14.8. The molecule has 0 saturated carbocycles. The van der Waals surface area contributed by atoms with Gasteiger partial charge in [-0.1, -0.05) is 60.7 Å². The highest BCUT2D eigenvalue weighted by Crippen LogP contribution is 2.24. The van der Waals surface area contributed by atoms with Crippen molar-refractivity contribution in [1.82, 2.24) is 0 Å². The van der Waals surface area contributed by atoms with Crippen LogP contribution in [-0.2, 0) is 9.53 Å². The third-order valence-corrected chi connectivity index (χ3v) is 4.30. The maximum Gasteiger partial charge on any atom is 0.363 e. The second kappa shape index (κ2) is 7.30. The molecule has 0 atom stereocenters. The molecule has 1 aliphatic heterocycles. The molecule has 0 aromatic heterocycles. The molecule has 4 rings (SSSR count). The number of aliphatic imine (C=N–C) groups is 1. The maximum atomic E-state index is 12.2. The number of hydrogen-bond donors (Lipinski definition) is 0. The number of benzene rings is 3. The highest BCUT2D eigenvalue weighted by atomic mass is 16.6. The fraction of sp³-hybridized carbons (Fsp3) is 0.0435. The van der Waals surface area contributed by atoms with Gasteiger partial charge in [-0.25, -0.2) is 9.79 Å². The van der Waals surface area contributed by atoms with Crippen molar-refractivity contribution in [1.29, 1.82) is 0 Å². The van der Waals surface area contributed by atoms with Gasteiger partial charge in [-0.2, -0.15) is 0 Å². The second-order valence-electron chi connectivity index (χ2n) is 6.01. The number of para-hydroxylation sites is 1. The van der Waals surface area contributed by atoms with E-state index in [4.69, 9.17) is 9.47 Å². The Kier molecular flexibility index (Phi) is 4.54. The van der Waals surface area contributed by atoms with Crippen molar-refractivity contribution in [2.75, 3.05) is 7.11 Å². The summed E-state index contributed by atoms with van der Waals surface area (Å²) in [6.45, 7) is 0. The van der Waals surface area contributed by atoms with E-state index in [1.807, 2.05) is 72.8 Å². The number of ether oxygens (including phenoxy) is 2. The van der Waals surface area contributed by atoms with Crippen LogP contribution in [-0.4, -0.2) is 19.0 Å². The normalized spacial score (nSPS) is 15.4. The van der Waals surface area contributed by atoms with Gasteiger partial charge >= 0.3 is 5.97 Å². The topological polar surface area (TPSA) is 47.9 Å². The van der Waals surface area contributed by atoms with Crippen LogP contribution in [0.2, 0.25) is 0 Å². The van der Waals surface area contributed by atoms with Crippen molar-refractivity contribution in [3.8, 4) is 5.75 Å². The molecule has 1 heterocycles. The van der Waals surface area contributed by atoms with Gasteiger partial charge < -0.3 is 9.47 Å². The average molecular weight is 355 g/mol. The number of fused-ring (bicyclic) bond motifs is 1. The molecule has 0 fully saturated rings. The predicted molar refractivity (Wildman–Crippen MR) is 107 cm³/mol. The summed E-state index contributed by atoms with van der Waals surface area (Å²) < 4.78 is 10.6. The summed E-state index contributed by atoms with van der Waals surface area (Å²) in [4.78, 5) is 16.5. The summed E-state index contributed by atoms with van der Waals surface area (Å²) in [5, 5.41) is 2.17. The minimum absolute atomic E-state index is 0.261. The molecule has 0 saturated heterocycles. The van der Waals surface area contributed by atoms with Crippen molar-refractivity contribution >= 4 is 34.8 Å². The van der Waals surface area contributed by atoms with Crippen LogP contribution in [0.3, 0.4) is 0 Å². The molecule has 0 unspecified atom stereocenters. The van der Waals surface area contributed by atoms with E-state index >= 15 is 0 Å². The quantitative estimate of drug-likeness (QED) is 0.496. The summed E-state index contributed by atoms with van der Waals surface area (Å²) in [7, 11) is 1.62. The first-order chi connectivity index (χ1) is 13.2. The number of hydrogen-bond acceptors (Lipinski definition) is 4. The Labute approximate surface area is 157 Å². The third kappa shape index (κ3) is 3.51. The standard InChI is InChI=1S/C23H17NO3/c1-26-21-12-5-3-8-17(21)13-14-22-24-20(23(25)27-22)15-18-10-6-9-16-7-2-4-11-19(16)18/h2-15H,1H3. The number of esters is 1. The van der Waals surface area contributed by atoms with Crippen LogP contribution in [0.15, 0.2) is 83.5 Å². The molecule has 0 spiro atoms. The van der Waals surface area contributed by atoms with E-state index in [2.05, 4.69) is 4.99 Å². The van der Waals surface area contributed by atoms with Gasteiger partial charge in [0.25, 0.3) is 0 Å². The molecule has 3 aromatic carbocycles. The summed E-state index contributed by atoms with van der Waals surface area (Å²) in [6.07, 6.45) is 5.24. The van der Waals surface area contributed by atoms with E-state index in [9.17, 15) is 4.79 Å². The predicted octanol–water partition coefficient (Wildman–Crippen LogP) is 4.86. The molecule has 0 bridgehead atoms. The highest BCUT2D eigenvalue weighted by molar-refractivity contribution is 6.12. The summed E-state index contributed by atoms with van der Waals surface area (Å²) in [5.74, 6) is 0.546. The Morgan fingerprint density at radius 1 is 0.889 bits per heavy atom. The first-order valence-electron chi connectivity index (χ1n) is 8.56. The molecule has 4 heteroatoms. The minimum atomic E-state index is -0.456. The SMILES string of the molecule is COc1ccccc1C=CC1=NC(=Cc2cccc3ccccc23)C(=O)O1. The Morgan fingerprint density at radius 2 is 1.63 bits per heavy atom. The lowest BCUT2D eigenvalue weighted by Crippen LogP contribution is -2.01. The zero-order chi connectivity index (χ0) is 18.6. The molecule has 132 valence electrons. The lowest BCUT2D eigenvalue weighted by Gasteiger charge is -2.02. The molecule has 4 nitrogen and oxygen atoms in total. The maximum absolute atomic E-state index is 12.2. The van der Waals surface area contributed by atoms with E-state index in [-0.39, 0.29) is 11.6 Å². The van der Waals surface area contributed by atoms with Gasteiger partial charge in [-0.15, -0.1) is 0 Å². The van der Waals surface area contributed by atoms with Crippen molar-refractivity contribution in [3.05, 3.63) is 89.6 Å². The second-order valence-corrected chi connectivity index (χ2v) is 6.01. The van der Waals surface area contributed by atoms with Gasteiger partial charge in [0.05, 0.1) is 7.11 Å². The van der Waals surface area contributed by atoms with Crippen molar-refractivity contribution in [2.45, 2.75) is 0 Å². The Hall–Kier alpha value is -3.66. The number of carbonyl (C=O) groups is 1. The Bertz CT molecular complexity index is 1100. The van der Waals surface area contributed by atoms with Crippen LogP contribution in [0.5, 0.6) is 5.75 Å². The van der Waals surface area contributed by atoms with E-state index < -0.39 is 5.97 Å². The highest BCUT2D eigenvalue weighted by Gasteiger charge is 2.21. The minimum Gasteiger partial charge on any atom is -0.496 e. The molecule has 3 aromatic rings. The molecular formula is C23H17NO3. The van der Waals surface area contributed by atoms with E-state index in [1.165, 1.54) is 0 Å². The lowest BCUT2D eigenvalue weighted by molar-refractivity contribution is -0.129. The number of cyclic esters (lactones) is 1. The fourth-order valence-corrected chi connectivity index (χ4v) is 2.99. The monoisotopic (exact) mass is 355 g/mol. The largest absolute Gasteiger partial charge is 0.496 e. The first-order valence-corrected chi connectivity index (χ1v) is 8.56. The van der Waals surface area contributed by atoms with Crippen molar-refractivity contribution < 1.29 is 14.3 Å². The summed E-state index contributed by atoms with van der Waals surface area (Å²) in [6, 6.07) is 21.6. The van der Waals surface area contributed by atoms with Gasteiger partial charge in [0, 0.05) is 11.6 Å². The molecule has 0 radical (unpaired) electrons. The molecular weight excluding hydrogens is 338 g/mol. The van der Waals surface area contributed by atoms with Crippen molar-refractivity contribution in [2.24, 2.45) is 4.99 Å². The van der Waals surface area contributed by atoms with E-state index in [0.717, 1.165) is 27.6 Å². The van der Waals surface area contributed by atoms with Crippen molar-refractivity contribution in [3.63, 3.8) is 0 Å². The molecule has 0 amide bonds. The van der Waals surface area contributed by atoms with E-state index in [1.54, 1.807) is 19.3 Å². The fourth-order valence-electron chi connectivity index (χ4n) is 2.99. The Balaban J connectivity index is 1.65. The van der Waals surface area contributed by atoms with Gasteiger partial charge in [0.15, 0.2) is 5.70 Å². The zero-order valence-electron chi connectivity index (χ0n) is 14.8. The van der Waals surface area contributed by atoms with Crippen LogP contribution < -0.4 is 4.74 Å². The third-order valence-electron chi connectivity index (χ3n) is 4.30. The van der Waals surface area contributed by atoms with Gasteiger partial charge in [-0.3, -0.25) is 0 Å². The smallest absolute Gasteiger partial charge is 0.363 e. The summed E-state index contributed by atoms with van der Waals surface area (Å²) in [5.41, 5.74) is 2.09. The van der Waals surface area contributed by atoms with Crippen LogP contribution in [0, 0.1) is 0 Å². The van der Waals surface area contributed by atoms with Crippen LogP contribution in [0.1, 0.15) is 11.1 Å². The van der Waals surface area contributed by atoms with Crippen LogP contribution >= 0.6 is 0 Å². The van der Waals surface area contributed by atoms with Gasteiger partial charge in [-0.05, 0) is 34.6 Å². The number of nitrogens with zero attached hydrogens (tertiary/aromatic N) is 1. The number of carbonyl (C=O) groups excluding carboxylic acids is 1. The van der Waals surface area contributed by atoms with Gasteiger partial charge in [0.2, 0.25) is 5.90 Å².